The number of rotatable bonds is 6. The first-order valence-electron chi connectivity index (χ1n) is 7.70. The van der Waals surface area contributed by atoms with E-state index in [9.17, 15) is 0 Å². The molecule has 0 aromatic rings. The van der Waals surface area contributed by atoms with Crippen LogP contribution < -0.4 is 11.1 Å². The molecule has 0 spiro atoms. The van der Waals surface area contributed by atoms with Gasteiger partial charge in [-0.3, -0.25) is 0 Å². The number of hydrogen-bond acceptors (Lipinski definition) is 2. The maximum atomic E-state index is 6.07. The van der Waals surface area contributed by atoms with Crippen molar-refractivity contribution in [2.75, 3.05) is 13.1 Å². The summed E-state index contributed by atoms with van der Waals surface area (Å²) in [6.45, 7) is 4.46. The van der Waals surface area contributed by atoms with Crippen LogP contribution in [0.1, 0.15) is 51.9 Å². The first-order valence-corrected chi connectivity index (χ1v) is 7.70. The van der Waals surface area contributed by atoms with Gasteiger partial charge in [0.05, 0.1) is 0 Å². The summed E-state index contributed by atoms with van der Waals surface area (Å²) < 4.78 is 0. The van der Waals surface area contributed by atoms with Gasteiger partial charge >= 0.3 is 0 Å². The molecular formula is C15H28N2. The molecule has 3 aliphatic rings. The minimum Gasteiger partial charge on any atom is -0.329 e. The Morgan fingerprint density at radius 3 is 2.24 bits per heavy atom. The summed E-state index contributed by atoms with van der Waals surface area (Å²) >= 11 is 0. The molecule has 0 aromatic heterocycles. The van der Waals surface area contributed by atoms with Crippen LogP contribution in [-0.2, 0) is 0 Å². The smallest absolute Gasteiger partial charge is 0.0329 e. The highest BCUT2D eigenvalue weighted by atomic mass is 15.0. The second-order valence-electron chi connectivity index (χ2n) is 6.87. The highest BCUT2D eigenvalue weighted by Gasteiger charge is 2.44. The molecule has 3 rings (SSSR count). The lowest BCUT2D eigenvalue weighted by molar-refractivity contribution is 0.234. The predicted molar refractivity (Wildman–Crippen MR) is 71.7 cm³/mol. The molecule has 0 heterocycles. The number of nitrogens with two attached hydrogens (primary N) is 1. The first-order chi connectivity index (χ1) is 8.25. The fourth-order valence-corrected chi connectivity index (χ4v) is 3.97. The Bertz CT molecular complexity index is 258. The van der Waals surface area contributed by atoms with Gasteiger partial charge < -0.3 is 11.1 Å². The summed E-state index contributed by atoms with van der Waals surface area (Å²) in [5.41, 5.74) is 6.35. The van der Waals surface area contributed by atoms with E-state index in [2.05, 4.69) is 12.2 Å². The Morgan fingerprint density at radius 2 is 1.82 bits per heavy atom. The maximum absolute atomic E-state index is 6.07. The predicted octanol–water partition coefficient (Wildman–Crippen LogP) is 2.53. The number of hydrogen-bond donors (Lipinski definition) is 2. The lowest BCUT2D eigenvalue weighted by Crippen LogP contribution is -2.54. The van der Waals surface area contributed by atoms with Gasteiger partial charge in [-0.1, -0.05) is 13.3 Å². The molecule has 0 aromatic carbocycles. The van der Waals surface area contributed by atoms with Crippen LogP contribution in [-0.4, -0.2) is 18.6 Å². The first kappa shape index (κ1) is 12.0. The van der Waals surface area contributed by atoms with E-state index < -0.39 is 0 Å². The molecular weight excluding hydrogens is 208 g/mol. The van der Waals surface area contributed by atoms with Crippen LogP contribution in [0.3, 0.4) is 0 Å². The van der Waals surface area contributed by atoms with E-state index in [1.807, 2.05) is 0 Å². The minimum absolute atomic E-state index is 0.280. The van der Waals surface area contributed by atoms with Crippen LogP contribution >= 0.6 is 0 Å². The van der Waals surface area contributed by atoms with Gasteiger partial charge in [-0.2, -0.15) is 0 Å². The molecule has 0 saturated heterocycles. The van der Waals surface area contributed by atoms with Crippen LogP contribution in [0.4, 0.5) is 0 Å². The Balaban J connectivity index is 1.57. The lowest BCUT2D eigenvalue weighted by Gasteiger charge is -2.35. The van der Waals surface area contributed by atoms with Crippen LogP contribution in [0.5, 0.6) is 0 Å². The van der Waals surface area contributed by atoms with Gasteiger partial charge in [0.1, 0.15) is 0 Å². The molecule has 0 radical (unpaired) electrons. The van der Waals surface area contributed by atoms with Gasteiger partial charge in [0, 0.05) is 12.1 Å². The summed E-state index contributed by atoms with van der Waals surface area (Å²) in [5, 5.41) is 3.91. The molecule has 0 bridgehead atoms. The molecule has 2 heteroatoms. The molecule has 2 nitrogen and oxygen atoms in total. The van der Waals surface area contributed by atoms with E-state index in [-0.39, 0.29) is 5.54 Å². The van der Waals surface area contributed by atoms with Gasteiger partial charge in [0.15, 0.2) is 0 Å². The van der Waals surface area contributed by atoms with Crippen molar-refractivity contribution >= 4 is 0 Å². The zero-order valence-electron chi connectivity index (χ0n) is 11.3. The molecule has 3 N–H and O–H groups in total. The standard InChI is InChI=1S/C15H28N2/c1-11-3-2-8-15(11,10-16)17-9-14(12-4-5-12)13-6-7-13/h11-14,17H,2-10,16H2,1H3. The van der Waals surface area contributed by atoms with Gasteiger partial charge in [0.25, 0.3) is 0 Å². The van der Waals surface area contributed by atoms with E-state index in [0.29, 0.717) is 0 Å². The Hall–Kier alpha value is -0.0800. The monoisotopic (exact) mass is 236 g/mol. The molecule has 3 aliphatic carbocycles. The van der Waals surface area contributed by atoms with E-state index >= 15 is 0 Å². The molecule has 3 saturated carbocycles. The third-order valence-electron chi connectivity index (χ3n) is 5.71. The van der Waals surface area contributed by atoms with E-state index in [0.717, 1.165) is 30.2 Å². The van der Waals surface area contributed by atoms with Crippen molar-refractivity contribution in [2.24, 2.45) is 29.4 Å². The summed E-state index contributed by atoms with van der Waals surface area (Å²) in [7, 11) is 0. The summed E-state index contributed by atoms with van der Waals surface area (Å²) in [6, 6.07) is 0. The Labute approximate surface area is 106 Å². The van der Waals surface area contributed by atoms with Gasteiger partial charge in [-0.15, -0.1) is 0 Å². The van der Waals surface area contributed by atoms with Crippen molar-refractivity contribution in [1.82, 2.24) is 5.32 Å². The van der Waals surface area contributed by atoms with Crippen LogP contribution in [0.15, 0.2) is 0 Å². The molecule has 0 aliphatic heterocycles. The highest BCUT2D eigenvalue weighted by Crippen LogP contribution is 2.49. The van der Waals surface area contributed by atoms with Crippen molar-refractivity contribution in [2.45, 2.75) is 57.4 Å². The van der Waals surface area contributed by atoms with Crippen LogP contribution in [0.2, 0.25) is 0 Å². The van der Waals surface area contributed by atoms with E-state index in [4.69, 9.17) is 5.73 Å². The van der Waals surface area contributed by atoms with Crippen molar-refractivity contribution < 1.29 is 0 Å². The second kappa shape index (κ2) is 4.55. The SMILES string of the molecule is CC1CCCC1(CN)NCC(C1CC1)C1CC1. The summed E-state index contributed by atoms with van der Waals surface area (Å²) in [6.07, 6.45) is 10.0. The van der Waals surface area contributed by atoms with Crippen molar-refractivity contribution in [1.29, 1.82) is 0 Å². The minimum atomic E-state index is 0.280. The average molecular weight is 236 g/mol. The number of nitrogens with one attached hydrogen (secondary N) is 1. The Kier molecular flexibility index (Phi) is 3.20. The van der Waals surface area contributed by atoms with Crippen molar-refractivity contribution in [3.63, 3.8) is 0 Å². The van der Waals surface area contributed by atoms with Gasteiger partial charge in [-0.05, 0) is 68.7 Å². The molecule has 2 unspecified atom stereocenters. The average Bonchev–Trinajstić information content (AvgIpc) is 3.21. The third kappa shape index (κ3) is 2.39. The second-order valence-corrected chi connectivity index (χ2v) is 6.87. The fourth-order valence-electron chi connectivity index (χ4n) is 3.97. The van der Waals surface area contributed by atoms with Crippen LogP contribution in [0.25, 0.3) is 0 Å². The Morgan fingerprint density at radius 1 is 1.18 bits per heavy atom. The van der Waals surface area contributed by atoms with Gasteiger partial charge in [-0.25, -0.2) is 0 Å². The summed E-state index contributed by atoms with van der Waals surface area (Å²) in [5.74, 6) is 3.86. The molecule has 17 heavy (non-hydrogen) atoms. The zero-order chi connectivity index (χ0) is 11.9. The largest absolute Gasteiger partial charge is 0.329 e. The zero-order valence-corrected chi connectivity index (χ0v) is 11.3. The lowest BCUT2D eigenvalue weighted by atomic mass is 9.87. The normalized spacial score (nSPS) is 37.9. The maximum Gasteiger partial charge on any atom is 0.0329 e. The van der Waals surface area contributed by atoms with Crippen molar-refractivity contribution in [3.8, 4) is 0 Å². The quantitative estimate of drug-likeness (QED) is 0.744. The molecule has 2 atom stereocenters. The van der Waals surface area contributed by atoms with Gasteiger partial charge in [0.2, 0.25) is 0 Å². The molecule has 3 fully saturated rings. The highest BCUT2D eigenvalue weighted by molar-refractivity contribution is 5.01. The molecule has 98 valence electrons. The molecule has 0 amide bonds. The van der Waals surface area contributed by atoms with E-state index in [1.54, 1.807) is 0 Å². The van der Waals surface area contributed by atoms with Crippen molar-refractivity contribution in [3.05, 3.63) is 0 Å². The fraction of sp³-hybridized carbons (Fsp3) is 1.00. The third-order valence-corrected chi connectivity index (χ3v) is 5.71. The topological polar surface area (TPSA) is 38.0 Å². The van der Waals surface area contributed by atoms with Crippen LogP contribution in [0, 0.1) is 23.7 Å². The summed E-state index contributed by atoms with van der Waals surface area (Å²) in [4.78, 5) is 0. The van der Waals surface area contributed by atoms with E-state index in [1.165, 1.54) is 51.5 Å².